The Morgan fingerprint density at radius 1 is 1.33 bits per heavy atom. The molecule has 1 rings (SSSR count). The molecule has 1 aromatic rings. The number of aryl methyl sites for hydroxylation is 3. The molecule has 0 aliphatic heterocycles. The molecule has 15 heavy (non-hydrogen) atoms. The molecule has 0 amide bonds. The Morgan fingerprint density at radius 2 is 2.07 bits per heavy atom. The van der Waals surface area contributed by atoms with E-state index in [0.717, 1.165) is 19.4 Å². The maximum absolute atomic E-state index is 5.10. The molecule has 0 N–H and O–H groups in total. The lowest BCUT2D eigenvalue weighted by Crippen LogP contribution is -2.08. The minimum absolute atomic E-state index is 0.461. The van der Waals surface area contributed by atoms with Crippen LogP contribution in [0.3, 0.4) is 0 Å². The molecule has 0 saturated heterocycles. The van der Waals surface area contributed by atoms with Gasteiger partial charge in [0.1, 0.15) is 0 Å². The van der Waals surface area contributed by atoms with Crippen molar-refractivity contribution < 1.29 is 4.74 Å². The average Bonchev–Trinajstić information content (AvgIpc) is 2.20. The van der Waals surface area contributed by atoms with Gasteiger partial charge < -0.3 is 4.74 Å². The SMILES string of the molecule is COCC(Br)CCc1cc(C)ccc1C. The summed E-state index contributed by atoms with van der Waals surface area (Å²) in [4.78, 5) is 0.461. The van der Waals surface area contributed by atoms with Crippen LogP contribution < -0.4 is 0 Å². The molecule has 0 aromatic heterocycles. The zero-order valence-corrected chi connectivity index (χ0v) is 11.3. The van der Waals surface area contributed by atoms with Crippen molar-refractivity contribution in [2.24, 2.45) is 0 Å². The second kappa shape index (κ2) is 6.29. The highest BCUT2D eigenvalue weighted by atomic mass is 79.9. The highest BCUT2D eigenvalue weighted by Crippen LogP contribution is 2.16. The summed E-state index contributed by atoms with van der Waals surface area (Å²) in [7, 11) is 1.74. The number of hydrogen-bond acceptors (Lipinski definition) is 1. The highest BCUT2D eigenvalue weighted by molar-refractivity contribution is 9.09. The lowest BCUT2D eigenvalue weighted by Gasteiger charge is -2.10. The van der Waals surface area contributed by atoms with E-state index >= 15 is 0 Å². The molecule has 0 saturated carbocycles. The predicted molar refractivity (Wildman–Crippen MR) is 68.8 cm³/mol. The number of hydrogen-bond donors (Lipinski definition) is 0. The maximum Gasteiger partial charge on any atom is 0.0587 e. The number of halogens is 1. The standard InChI is InChI=1S/C13H19BrO/c1-10-4-5-11(2)12(8-10)6-7-13(14)9-15-3/h4-5,8,13H,6-7,9H2,1-3H3. The molecule has 0 aliphatic rings. The first-order chi connectivity index (χ1) is 7.13. The second-order valence-electron chi connectivity index (χ2n) is 4.02. The molecule has 0 heterocycles. The molecular formula is C13H19BrO. The van der Waals surface area contributed by atoms with Gasteiger partial charge in [-0.3, -0.25) is 0 Å². The third kappa shape index (κ3) is 4.35. The van der Waals surface area contributed by atoms with Crippen LogP contribution in [0.4, 0.5) is 0 Å². The fraction of sp³-hybridized carbons (Fsp3) is 0.538. The number of methoxy groups -OCH3 is 1. The van der Waals surface area contributed by atoms with Crippen LogP contribution in [-0.2, 0) is 11.2 Å². The fourth-order valence-electron chi connectivity index (χ4n) is 1.65. The van der Waals surface area contributed by atoms with E-state index in [1.54, 1.807) is 7.11 Å². The lowest BCUT2D eigenvalue weighted by atomic mass is 10.0. The van der Waals surface area contributed by atoms with Crippen molar-refractivity contribution in [1.82, 2.24) is 0 Å². The molecule has 0 fully saturated rings. The van der Waals surface area contributed by atoms with Crippen molar-refractivity contribution in [2.45, 2.75) is 31.5 Å². The molecule has 0 bridgehead atoms. The summed E-state index contributed by atoms with van der Waals surface area (Å²) in [5.41, 5.74) is 4.18. The van der Waals surface area contributed by atoms with Gasteiger partial charge in [0.2, 0.25) is 0 Å². The minimum atomic E-state index is 0.461. The predicted octanol–water partition coefficient (Wildman–Crippen LogP) is 3.65. The largest absolute Gasteiger partial charge is 0.384 e. The van der Waals surface area contributed by atoms with Crippen LogP contribution in [0.15, 0.2) is 18.2 Å². The zero-order valence-electron chi connectivity index (χ0n) is 9.72. The van der Waals surface area contributed by atoms with Crippen LogP contribution in [0, 0.1) is 13.8 Å². The van der Waals surface area contributed by atoms with Crippen LogP contribution >= 0.6 is 15.9 Å². The molecule has 2 heteroatoms. The number of benzene rings is 1. The highest BCUT2D eigenvalue weighted by Gasteiger charge is 2.05. The van der Waals surface area contributed by atoms with Gasteiger partial charge in [0, 0.05) is 11.9 Å². The van der Waals surface area contributed by atoms with Crippen LogP contribution in [0.2, 0.25) is 0 Å². The van der Waals surface area contributed by atoms with E-state index in [9.17, 15) is 0 Å². The van der Waals surface area contributed by atoms with Crippen molar-refractivity contribution in [3.63, 3.8) is 0 Å². The molecule has 1 aromatic carbocycles. The Labute approximate surface area is 101 Å². The number of alkyl halides is 1. The summed E-state index contributed by atoms with van der Waals surface area (Å²) < 4.78 is 5.10. The van der Waals surface area contributed by atoms with E-state index in [4.69, 9.17) is 4.74 Å². The summed E-state index contributed by atoms with van der Waals surface area (Å²) in [5, 5.41) is 0. The van der Waals surface area contributed by atoms with Gasteiger partial charge in [0.15, 0.2) is 0 Å². The van der Waals surface area contributed by atoms with Gasteiger partial charge in [-0.2, -0.15) is 0 Å². The molecule has 0 aliphatic carbocycles. The van der Waals surface area contributed by atoms with Gasteiger partial charge in [-0.05, 0) is 37.8 Å². The van der Waals surface area contributed by atoms with Crippen molar-refractivity contribution in [2.75, 3.05) is 13.7 Å². The first-order valence-corrected chi connectivity index (χ1v) is 6.24. The molecular weight excluding hydrogens is 252 g/mol. The Bertz CT molecular complexity index is 309. The van der Waals surface area contributed by atoms with E-state index in [-0.39, 0.29) is 0 Å². The van der Waals surface area contributed by atoms with Crippen LogP contribution in [0.5, 0.6) is 0 Å². The van der Waals surface area contributed by atoms with E-state index in [1.165, 1.54) is 16.7 Å². The van der Waals surface area contributed by atoms with Crippen molar-refractivity contribution in [3.05, 3.63) is 34.9 Å². The quantitative estimate of drug-likeness (QED) is 0.743. The molecule has 1 atom stereocenters. The first kappa shape index (κ1) is 12.7. The lowest BCUT2D eigenvalue weighted by molar-refractivity contribution is 0.198. The summed E-state index contributed by atoms with van der Waals surface area (Å²) in [6, 6.07) is 6.64. The average molecular weight is 271 g/mol. The van der Waals surface area contributed by atoms with Crippen molar-refractivity contribution in [3.8, 4) is 0 Å². The summed E-state index contributed by atoms with van der Waals surface area (Å²) in [6.45, 7) is 5.10. The van der Waals surface area contributed by atoms with Gasteiger partial charge in [-0.15, -0.1) is 0 Å². The fourth-order valence-corrected chi connectivity index (χ4v) is 2.14. The first-order valence-electron chi connectivity index (χ1n) is 5.32. The topological polar surface area (TPSA) is 9.23 Å². The van der Waals surface area contributed by atoms with E-state index < -0.39 is 0 Å². The van der Waals surface area contributed by atoms with Crippen molar-refractivity contribution >= 4 is 15.9 Å². The van der Waals surface area contributed by atoms with Gasteiger partial charge in [-0.1, -0.05) is 39.7 Å². The Morgan fingerprint density at radius 3 is 2.73 bits per heavy atom. The van der Waals surface area contributed by atoms with Gasteiger partial charge in [0.25, 0.3) is 0 Å². The van der Waals surface area contributed by atoms with Gasteiger partial charge in [0.05, 0.1) is 6.61 Å². The molecule has 84 valence electrons. The zero-order chi connectivity index (χ0) is 11.3. The second-order valence-corrected chi connectivity index (χ2v) is 5.32. The summed E-state index contributed by atoms with van der Waals surface area (Å²) >= 11 is 3.61. The smallest absolute Gasteiger partial charge is 0.0587 e. The normalized spacial score (nSPS) is 12.8. The minimum Gasteiger partial charge on any atom is -0.384 e. The Hall–Kier alpha value is -0.340. The maximum atomic E-state index is 5.10. The summed E-state index contributed by atoms with van der Waals surface area (Å²) in [6.07, 6.45) is 2.24. The molecule has 0 spiro atoms. The Balaban J connectivity index is 2.53. The van der Waals surface area contributed by atoms with E-state index in [2.05, 4.69) is 48.0 Å². The molecule has 1 unspecified atom stereocenters. The molecule has 0 radical (unpaired) electrons. The molecule has 1 nitrogen and oxygen atoms in total. The number of ether oxygens (including phenoxy) is 1. The van der Waals surface area contributed by atoms with Crippen LogP contribution in [-0.4, -0.2) is 18.5 Å². The van der Waals surface area contributed by atoms with E-state index in [0.29, 0.717) is 4.83 Å². The van der Waals surface area contributed by atoms with Gasteiger partial charge >= 0.3 is 0 Å². The Kier molecular flexibility index (Phi) is 5.34. The van der Waals surface area contributed by atoms with Crippen molar-refractivity contribution in [1.29, 1.82) is 0 Å². The number of rotatable bonds is 5. The van der Waals surface area contributed by atoms with Gasteiger partial charge in [-0.25, -0.2) is 0 Å². The van der Waals surface area contributed by atoms with Crippen LogP contribution in [0.25, 0.3) is 0 Å². The van der Waals surface area contributed by atoms with E-state index in [1.807, 2.05) is 0 Å². The van der Waals surface area contributed by atoms with Crippen LogP contribution in [0.1, 0.15) is 23.1 Å². The third-order valence-corrected chi connectivity index (χ3v) is 3.30. The third-order valence-electron chi connectivity index (χ3n) is 2.58. The summed E-state index contributed by atoms with van der Waals surface area (Å²) in [5.74, 6) is 0. The monoisotopic (exact) mass is 270 g/mol.